The third-order valence-electron chi connectivity index (χ3n) is 5.80. The number of aryl methyl sites for hydroxylation is 2. The molecule has 1 saturated carbocycles. The van der Waals surface area contributed by atoms with Gasteiger partial charge in [-0.1, -0.05) is 19.3 Å². The Kier molecular flexibility index (Phi) is 9.82. The number of nitrogens with zero attached hydrogens (tertiary/aromatic N) is 3. The Morgan fingerprint density at radius 3 is 2.61 bits per heavy atom. The zero-order chi connectivity index (χ0) is 20.4. The number of nitrogens with one attached hydrogen (secondary N) is 2. The maximum absolute atomic E-state index is 6.00. The zero-order valence-corrected chi connectivity index (χ0v) is 18.7. The number of unbranched alkanes of at least 4 members (excludes halogenated alkanes) is 2. The molecule has 0 saturated heterocycles. The smallest absolute Gasteiger partial charge is 0.191 e. The second-order valence-corrected chi connectivity index (χ2v) is 8.21. The summed E-state index contributed by atoms with van der Waals surface area (Å²) < 4.78 is 7.96. The highest BCUT2D eigenvalue weighted by Gasteiger charge is 2.14. The molecule has 1 unspecified atom stereocenters. The van der Waals surface area contributed by atoms with E-state index >= 15 is 0 Å². The fraction of sp³-hybridized carbons (Fsp3) is 0.818. The van der Waals surface area contributed by atoms with Crippen LogP contribution >= 0.6 is 0 Å². The van der Waals surface area contributed by atoms with E-state index in [1.165, 1.54) is 49.8 Å². The molecule has 0 amide bonds. The number of aliphatic imine (C=N–C) groups is 1. The normalized spacial score (nSPS) is 17.0. The van der Waals surface area contributed by atoms with Crippen LogP contribution in [0, 0.1) is 13.8 Å². The van der Waals surface area contributed by atoms with Gasteiger partial charge < -0.3 is 15.4 Å². The minimum atomic E-state index is 0.302. The van der Waals surface area contributed by atoms with Crippen molar-refractivity contribution >= 4 is 5.96 Å². The standard InChI is InChI=1S/C22H41N5O/c1-17(16-21-18(2)26-27(5)19(21)3)25-22(23-4)24-14-10-7-11-15-28-20-12-8-6-9-13-20/h17,20H,6-16H2,1-5H3,(H2,23,24,25). The number of ether oxygens (including phenoxy) is 1. The van der Waals surface area contributed by atoms with Crippen molar-refractivity contribution in [3.8, 4) is 0 Å². The van der Waals surface area contributed by atoms with Crippen LogP contribution in [0.4, 0.5) is 0 Å². The summed E-state index contributed by atoms with van der Waals surface area (Å²) >= 11 is 0. The molecular weight excluding hydrogens is 350 g/mol. The predicted molar refractivity (Wildman–Crippen MR) is 117 cm³/mol. The molecule has 0 spiro atoms. The summed E-state index contributed by atoms with van der Waals surface area (Å²) in [6, 6.07) is 0.302. The Morgan fingerprint density at radius 1 is 1.21 bits per heavy atom. The van der Waals surface area contributed by atoms with Gasteiger partial charge in [0.1, 0.15) is 0 Å². The fourth-order valence-electron chi connectivity index (χ4n) is 3.99. The lowest BCUT2D eigenvalue weighted by Crippen LogP contribution is -2.43. The van der Waals surface area contributed by atoms with E-state index in [4.69, 9.17) is 4.74 Å². The van der Waals surface area contributed by atoms with Gasteiger partial charge in [0.15, 0.2) is 5.96 Å². The Morgan fingerprint density at radius 2 is 1.96 bits per heavy atom. The summed E-state index contributed by atoms with van der Waals surface area (Å²) in [6.07, 6.45) is 11.6. The maximum Gasteiger partial charge on any atom is 0.191 e. The van der Waals surface area contributed by atoms with Crippen molar-refractivity contribution in [1.82, 2.24) is 20.4 Å². The first-order chi connectivity index (χ1) is 13.5. The van der Waals surface area contributed by atoms with Gasteiger partial charge in [-0.2, -0.15) is 5.10 Å². The second-order valence-electron chi connectivity index (χ2n) is 8.21. The number of aromatic nitrogens is 2. The van der Waals surface area contributed by atoms with Gasteiger partial charge in [0.25, 0.3) is 0 Å². The van der Waals surface area contributed by atoms with Gasteiger partial charge >= 0.3 is 0 Å². The summed E-state index contributed by atoms with van der Waals surface area (Å²) in [6.45, 7) is 8.27. The van der Waals surface area contributed by atoms with E-state index in [-0.39, 0.29) is 0 Å². The van der Waals surface area contributed by atoms with Crippen molar-refractivity contribution in [1.29, 1.82) is 0 Å². The molecule has 1 heterocycles. The van der Waals surface area contributed by atoms with E-state index in [0.29, 0.717) is 12.1 Å². The summed E-state index contributed by atoms with van der Waals surface area (Å²) in [5, 5.41) is 11.4. The first-order valence-electron chi connectivity index (χ1n) is 11.1. The Balaban J connectivity index is 1.57. The van der Waals surface area contributed by atoms with Crippen LogP contribution in [0.1, 0.15) is 75.2 Å². The number of guanidine groups is 1. The molecule has 1 aliphatic carbocycles. The van der Waals surface area contributed by atoms with E-state index in [1.807, 2.05) is 18.8 Å². The molecule has 1 fully saturated rings. The number of rotatable bonds is 10. The van der Waals surface area contributed by atoms with Crippen LogP contribution in [-0.4, -0.2) is 48.1 Å². The Hall–Kier alpha value is -1.56. The van der Waals surface area contributed by atoms with Crippen molar-refractivity contribution in [2.45, 2.75) is 90.7 Å². The van der Waals surface area contributed by atoms with E-state index in [2.05, 4.69) is 41.5 Å². The highest BCUT2D eigenvalue weighted by Crippen LogP contribution is 2.20. The summed E-state index contributed by atoms with van der Waals surface area (Å²) in [4.78, 5) is 4.36. The van der Waals surface area contributed by atoms with Crippen LogP contribution in [0.25, 0.3) is 0 Å². The average Bonchev–Trinajstić information content (AvgIpc) is 2.93. The molecule has 6 heteroatoms. The quantitative estimate of drug-likeness (QED) is 0.363. The maximum atomic E-state index is 6.00. The summed E-state index contributed by atoms with van der Waals surface area (Å²) in [7, 11) is 3.84. The molecular formula is C22H41N5O. The highest BCUT2D eigenvalue weighted by molar-refractivity contribution is 5.79. The van der Waals surface area contributed by atoms with Gasteiger partial charge in [0.05, 0.1) is 11.8 Å². The molecule has 1 aromatic rings. The van der Waals surface area contributed by atoms with Crippen molar-refractivity contribution in [3.05, 3.63) is 17.0 Å². The first kappa shape index (κ1) is 22.7. The van der Waals surface area contributed by atoms with Gasteiger partial charge in [0, 0.05) is 39.0 Å². The third kappa shape index (κ3) is 7.46. The lowest BCUT2D eigenvalue weighted by atomic mass is 9.98. The number of hydrogen-bond acceptors (Lipinski definition) is 3. The van der Waals surface area contributed by atoms with Crippen LogP contribution in [-0.2, 0) is 18.2 Å². The number of hydrogen-bond donors (Lipinski definition) is 2. The zero-order valence-electron chi connectivity index (χ0n) is 18.7. The van der Waals surface area contributed by atoms with Gasteiger partial charge in [-0.25, -0.2) is 0 Å². The summed E-state index contributed by atoms with van der Waals surface area (Å²) in [5.41, 5.74) is 3.69. The lowest BCUT2D eigenvalue weighted by Gasteiger charge is -2.22. The fourth-order valence-corrected chi connectivity index (χ4v) is 3.99. The molecule has 2 rings (SSSR count). The molecule has 0 aromatic carbocycles. The van der Waals surface area contributed by atoms with Gasteiger partial charge in [-0.05, 0) is 64.9 Å². The monoisotopic (exact) mass is 391 g/mol. The minimum absolute atomic E-state index is 0.302. The van der Waals surface area contributed by atoms with Crippen LogP contribution in [0.5, 0.6) is 0 Å². The van der Waals surface area contributed by atoms with Crippen LogP contribution in [0.2, 0.25) is 0 Å². The van der Waals surface area contributed by atoms with Crippen molar-refractivity contribution in [2.24, 2.45) is 12.0 Å². The molecule has 1 aromatic heterocycles. The Bertz CT molecular complexity index is 604. The van der Waals surface area contributed by atoms with Gasteiger partial charge in [0.2, 0.25) is 0 Å². The largest absolute Gasteiger partial charge is 0.378 e. The predicted octanol–water partition coefficient (Wildman–Crippen LogP) is 3.65. The van der Waals surface area contributed by atoms with Crippen molar-refractivity contribution in [3.63, 3.8) is 0 Å². The third-order valence-corrected chi connectivity index (χ3v) is 5.80. The SMILES string of the molecule is CN=C(NCCCCCOC1CCCCC1)NC(C)Cc1c(C)nn(C)c1C. The van der Waals surface area contributed by atoms with E-state index in [0.717, 1.165) is 44.1 Å². The van der Waals surface area contributed by atoms with E-state index < -0.39 is 0 Å². The lowest BCUT2D eigenvalue weighted by molar-refractivity contribution is 0.0264. The molecule has 2 N–H and O–H groups in total. The van der Waals surface area contributed by atoms with Gasteiger partial charge in [-0.3, -0.25) is 9.67 Å². The molecule has 1 atom stereocenters. The van der Waals surface area contributed by atoms with E-state index in [1.54, 1.807) is 0 Å². The average molecular weight is 392 g/mol. The summed E-state index contributed by atoms with van der Waals surface area (Å²) in [5.74, 6) is 0.880. The molecule has 1 aliphatic rings. The highest BCUT2D eigenvalue weighted by atomic mass is 16.5. The van der Waals surface area contributed by atoms with Crippen molar-refractivity contribution in [2.75, 3.05) is 20.2 Å². The minimum Gasteiger partial charge on any atom is -0.378 e. The molecule has 0 radical (unpaired) electrons. The van der Waals surface area contributed by atoms with E-state index in [9.17, 15) is 0 Å². The van der Waals surface area contributed by atoms with Crippen LogP contribution in [0.15, 0.2) is 4.99 Å². The molecule has 0 bridgehead atoms. The Labute approximate surface area is 171 Å². The first-order valence-corrected chi connectivity index (χ1v) is 11.1. The molecule has 160 valence electrons. The van der Waals surface area contributed by atoms with Gasteiger partial charge in [-0.15, -0.1) is 0 Å². The molecule has 0 aliphatic heterocycles. The van der Waals surface area contributed by atoms with Crippen molar-refractivity contribution < 1.29 is 4.74 Å². The molecule has 6 nitrogen and oxygen atoms in total. The topological polar surface area (TPSA) is 63.5 Å². The van der Waals surface area contributed by atoms with Crippen LogP contribution in [0.3, 0.4) is 0 Å². The van der Waals surface area contributed by atoms with Crippen LogP contribution < -0.4 is 10.6 Å². The molecule has 28 heavy (non-hydrogen) atoms. The second kappa shape index (κ2) is 12.1.